The normalized spacial score (nSPS) is 17.3. The minimum absolute atomic E-state index is 0.320. The van der Waals surface area contributed by atoms with Crippen LogP contribution in [0.5, 0.6) is 0 Å². The average Bonchev–Trinajstić information content (AvgIpc) is 2.34. The summed E-state index contributed by atoms with van der Waals surface area (Å²) in [5, 5.41) is 0. The van der Waals surface area contributed by atoms with Crippen molar-refractivity contribution in [3.05, 3.63) is 0 Å². The topological polar surface area (TPSA) is 29.5 Å². The predicted molar refractivity (Wildman–Crippen MR) is 44.2 cm³/mol. The first-order valence-electron chi connectivity index (χ1n) is 2.78. The van der Waals surface area contributed by atoms with E-state index in [0.717, 1.165) is 0 Å². The molecule has 56 valence electrons. The van der Waals surface area contributed by atoms with Crippen LogP contribution in [0.25, 0.3) is 0 Å². The van der Waals surface area contributed by atoms with Gasteiger partial charge in [-0.25, -0.2) is 4.79 Å². The summed E-state index contributed by atoms with van der Waals surface area (Å²) >= 11 is 6.26. The van der Waals surface area contributed by atoms with Crippen LogP contribution in [0, 0.1) is 0 Å². The van der Waals surface area contributed by atoms with Crippen LogP contribution >= 0.6 is 24.0 Å². The second kappa shape index (κ2) is 3.21. The van der Waals surface area contributed by atoms with E-state index in [9.17, 15) is 4.79 Å². The number of ether oxygens (including phenoxy) is 1. The lowest BCUT2D eigenvalue weighted by atomic mass is 10.7. The van der Waals surface area contributed by atoms with Gasteiger partial charge in [0.2, 0.25) is 0 Å². The Morgan fingerprint density at radius 1 is 1.90 bits per heavy atom. The Hall–Kier alpha value is -0.290. The largest absolute Gasteiger partial charge is 0.447 e. The summed E-state index contributed by atoms with van der Waals surface area (Å²) in [5.74, 6) is 0. The number of thiocarbonyl (C=S) groups is 1. The predicted octanol–water partition coefficient (Wildman–Crippen LogP) is 1.09. The molecule has 10 heavy (non-hydrogen) atoms. The van der Waals surface area contributed by atoms with Gasteiger partial charge in [0.25, 0.3) is 0 Å². The zero-order valence-electron chi connectivity index (χ0n) is 5.49. The van der Waals surface area contributed by atoms with Crippen molar-refractivity contribution in [3.63, 3.8) is 0 Å². The maximum absolute atomic E-state index is 10.8. The highest BCUT2D eigenvalue weighted by molar-refractivity contribution is 8.22. The molecular weight excluding hydrogens is 170 g/mol. The third kappa shape index (κ3) is 1.41. The lowest BCUT2D eigenvalue weighted by Gasteiger charge is -2.09. The molecule has 0 N–H and O–H groups in total. The number of carbonyl (C=O) groups excluding carboxylic acids is 1. The molecule has 0 aromatic heterocycles. The van der Waals surface area contributed by atoms with Crippen LogP contribution in [0.3, 0.4) is 0 Å². The van der Waals surface area contributed by atoms with Gasteiger partial charge in [-0.15, -0.1) is 0 Å². The van der Waals surface area contributed by atoms with Crippen LogP contribution in [0.1, 0.15) is 0 Å². The van der Waals surface area contributed by atoms with Gasteiger partial charge < -0.3 is 4.74 Å². The Balaban J connectivity index is 2.55. The van der Waals surface area contributed by atoms with Crippen LogP contribution in [0.15, 0.2) is 0 Å². The third-order valence-corrected chi connectivity index (χ3v) is 2.45. The molecule has 0 unspecified atom stereocenters. The molecule has 1 rings (SSSR count). The molecule has 3 nitrogen and oxygen atoms in total. The number of carbonyl (C=O) groups is 1. The van der Waals surface area contributed by atoms with Crippen molar-refractivity contribution in [1.82, 2.24) is 4.90 Å². The van der Waals surface area contributed by atoms with Crippen LogP contribution in [-0.4, -0.2) is 34.7 Å². The molecule has 0 saturated carbocycles. The number of rotatable bonds is 0. The van der Waals surface area contributed by atoms with Gasteiger partial charge in [-0.1, -0.05) is 24.0 Å². The molecule has 5 heteroatoms. The molecule has 0 aromatic carbocycles. The van der Waals surface area contributed by atoms with Gasteiger partial charge >= 0.3 is 6.09 Å². The third-order valence-electron chi connectivity index (χ3n) is 1.16. The van der Waals surface area contributed by atoms with E-state index in [1.807, 2.05) is 6.26 Å². The van der Waals surface area contributed by atoms with Crippen LogP contribution in [0.4, 0.5) is 4.79 Å². The molecule has 1 aliphatic rings. The van der Waals surface area contributed by atoms with Gasteiger partial charge in [-0.2, -0.15) is 0 Å². The lowest BCUT2D eigenvalue weighted by molar-refractivity contribution is 0.169. The fourth-order valence-corrected chi connectivity index (χ4v) is 1.22. The summed E-state index contributed by atoms with van der Waals surface area (Å²) in [5.41, 5.74) is 0. The number of nitrogens with zero attached hydrogens (tertiary/aromatic N) is 1. The summed E-state index contributed by atoms with van der Waals surface area (Å²) in [7, 11) is 0. The Labute approximate surface area is 68.7 Å². The molecular formula is C5H7NO2S2. The van der Waals surface area contributed by atoms with E-state index in [4.69, 9.17) is 12.2 Å². The number of hydrogen-bond acceptors (Lipinski definition) is 4. The molecule has 0 aromatic rings. The first kappa shape index (κ1) is 7.81. The molecule has 0 aliphatic carbocycles. The van der Waals surface area contributed by atoms with Crippen molar-refractivity contribution in [2.75, 3.05) is 19.4 Å². The Kier molecular flexibility index (Phi) is 2.50. The lowest BCUT2D eigenvalue weighted by Crippen LogP contribution is -2.27. The SMILES string of the molecule is CSC(=S)N1CCOC1=O. The van der Waals surface area contributed by atoms with Crippen molar-refractivity contribution in [1.29, 1.82) is 0 Å². The Bertz CT molecular complexity index is 171. The molecule has 1 fully saturated rings. The second-order valence-corrected chi connectivity index (χ2v) is 3.18. The van der Waals surface area contributed by atoms with Gasteiger partial charge in [0, 0.05) is 0 Å². The van der Waals surface area contributed by atoms with Gasteiger partial charge in [-0.3, -0.25) is 4.90 Å². The summed E-state index contributed by atoms with van der Waals surface area (Å²) in [6, 6.07) is 0. The first-order chi connectivity index (χ1) is 4.75. The monoisotopic (exact) mass is 177 g/mol. The fourth-order valence-electron chi connectivity index (χ4n) is 0.669. The van der Waals surface area contributed by atoms with E-state index in [-0.39, 0.29) is 6.09 Å². The fraction of sp³-hybridized carbons (Fsp3) is 0.600. The van der Waals surface area contributed by atoms with E-state index in [2.05, 4.69) is 4.74 Å². The van der Waals surface area contributed by atoms with Gasteiger partial charge in [-0.05, 0) is 6.26 Å². The zero-order chi connectivity index (χ0) is 7.56. The van der Waals surface area contributed by atoms with Crippen molar-refractivity contribution in [2.45, 2.75) is 0 Å². The molecule has 1 aliphatic heterocycles. The minimum atomic E-state index is -0.320. The van der Waals surface area contributed by atoms with E-state index in [1.54, 1.807) is 0 Å². The van der Waals surface area contributed by atoms with Crippen LogP contribution < -0.4 is 0 Å². The van der Waals surface area contributed by atoms with Gasteiger partial charge in [0.1, 0.15) is 10.9 Å². The van der Waals surface area contributed by atoms with E-state index >= 15 is 0 Å². The average molecular weight is 177 g/mol. The maximum Gasteiger partial charge on any atom is 0.415 e. The van der Waals surface area contributed by atoms with Crippen molar-refractivity contribution >= 4 is 34.4 Å². The number of thioether (sulfide) groups is 1. The number of cyclic esters (lactones) is 1. The van der Waals surface area contributed by atoms with Gasteiger partial charge in [0.15, 0.2) is 0 Å². The maximum atomic E-state index is 10.8. The summed E-state index contributed by atoms with van der Waals surface area (Å²) in [6.45, 7) is 1.05. The van der Waals surface area contributed by atoms with Crippen molar-refractivity contribution in [3.8, 4) is 0 Å². The van der Waals surface area contributed by atoms with E-state index in [0.29, 0.717) is 17.5 Å². The minimum Gasteiger partial charge on any atom is -0.447 e. The number of hydrogen-bond donors (Lipinski definition) is 0. The molecule has 0 spiro atoms. The summed E-state index contributed by atoms with van der Waals surface area (Å²) < 4.78 is 5.26. The van der Waals surface area contributed by atoms with E-state index < -0.39 is 0 Å². The highest BCUT2D eigenvalue weighted by Crippen LogP contribution is 2.10. The molecule has 0 atom stereocenters. The highest BCUT2D eigenvalue weighted by Gasteiger charge is 2.24. The summed E-state index contributed by atoms with van der Waals surface area (Å²) in [6.07, 6.45) is 1.52. The highest BCUT2D eigenvalue weighted by atomic mass is 32.2. The molecule has 1 heterocycles. The molecule has 1 amide bonds. The quantitative estimate of drug-likeness (QED) is 0.518. The van der Waals surface area contributed by atoms with Gasteiger partial charge in [0.05, 0.1) is 6.54 Å². The zero-order valence-corrected chi connectivity index (χ0v) is 7.13. The Morgan fingerprint density at radius 3 is 3.00 bits per heavy atom. The first-order valence-corrected chi connectivity index (χ1v) is 4.41. The van der Waals surface area contributed by atoms with Crippen molar-refractivity contribution in [2.24, 2.45) is 0 Å². The van der Waals surface area contributed by atoms with Crippen molar-refractivity contribution < 1.29 is 9.53 Å². The smallest absolute Gasteiger partial charge is 0.415 e. The second-order valence-electron chi connectivity index (χ2n) is 1.74. The standard InChI is InChI=1S/C5H7NO2S2/c1-10-5(9)6-2-3-8-4(6)7/h2-3H2,1H3. The number of amides is 1. The molecule has 0 radical (unpaired) electrons. The van der Waals surface area contributed by atoms with E-state index in [1.165, 1.54) is 16.7 Å². The summed E-state index contributed by atoms with van der Waals surface area (Å²) in [4.78, 5) is 12.2. The van der Waals surface area contributed by atoms with Crippen LogP contribution in [0.2, 0.25) is 0 Å². The Morgan fingerprint density at radius 2 is 2.60 bits per heavy atom. The molecule has 1 saturated heterocycles. The van der Waals surface area contributed by atoms with Crippen LogP contribution in [-0.2, 0) is 4.74 Å². The molecule has 0 bridgehead atoms.